The number of hydrogen-bond acceptors (Lipinski definition) is 2. The first-order valence-corrected chi connectivity index (χ1v) is 7.65. The Bertz CT molecular complexity index is 460. The molecule has 6 bridgehead atoms. The third kappa shape index (κ3) is 0.565. The maximum atomic E-state index is 6.27. The van der Waals surface area contributed by atoms with Crippen molar-refractivity contribution in [3.63, 3.8) is 0 Å². The van der Waals surface area contributed by atoms with Gasteiger partial charge in [0, 0.05) is 12.8 Å². The summed E-state index contributed by atoms with van der Waals surface area (Å²) in [5.41, 5.74) is 0.789. The predicted molar refractivity (Wildman–Crippen MR) is 59.2 cm³/mol. The molecule has 9 fully saturated rings. The molecule has 17 heavy (non-hydrogen) atoms. The van der Waals surface area contributed by atoms with Crippen LogP contribution in [0.25, 0.3) is 0 Å². The van der Waals surface area contributed by atoms with Crippen LogP contribution >= 0.6 is 0 Å². The van der Waals surface area contributed by atoms with E-state index in [0.717, 1.165) is 35.5 Å². The van der Waals surface area contributed by atoms with Gasteiger partial charge in [0.1, 0.15) is 0 Å². The van der Waals surface area contributed by atoms with Crippen LogP contribution in [0.4, 0.5) is 0 Å². The molecule has 2 heteroatoms. The van der Waals surface area contributed by atoms with Crippen molar-refractivity contribution in [3.8, 4) is 0 Å². The summed E-state index contributed by atoms with van der Waals surface area (Å²) in [7, 11) is 0. The van der Waals surface area contributed by atoms with Gasteiger partial charge in [-0.1, -0.05) is 0 Å². The third-order valence-corrected chi connectivity index (χ3v) is 8.18. The summed E-state index contributed by atoms with van der Waals surface area (Å²) in [6.45, 7) is 0. The van der Waals surface area contributed by atoms with Crippen molar-refractivity contribution in [2.45, 2.75) is 55.5 Å². The van der Waals surface area contributed by atoms with Gasteiger partial charge in [-0.3, -0.25) is 0 Å². The maximum absolute atomic E-state index is 6.27. The minimum Gasteiger partial charge on any atom is -0.371 e. The highest BCUT2D eigenvalue weighted by Crippen LogP contribution is 2.80. The van der Waals surface area contributed by atoms with Crippen LogP contribution in [0.15, 0.2) is 0 Å². The molecule has 10 atom stereocenters. The molecule has 0 N–H and O–H groups in total. The van der Waals surface area contributed by atoms with Crippen molar-refractivity contribution < 1.29 is 9.47 Å². The molecular formula is C15H18O2. The quantitative estimate of drug-likeness (QED) is 0.633. The molecule has 2 nitrogen and oxygen atoms in total. The summed E-state index contributed by atoms with van der Waals surface area (Å²) in [4.78, 5) is 0. The fraction of sp³-hybridized carbons (Fsp3) is 1.00. The van der Waals surface area contributed by atoms with Gasteiger partial charge in [-0.05, 0) is 54.8 Å². The van der Waals surface area contributed by atoms with Crippen molar-refractivity contribution in [3.05, 3.63) is 0 Å². The van der Waals surface area contributed by atoms with Crippen LogP contribution in [0.2, 0.25) is 0 Å². The molecule has 2 spiro atoms. The van der Waals surface area contributed by atoms with E-state index in [2.05, 4.69) is 0 Å². The average Bonchev–Trinajstić information content (AvgIpc) is 3.00. The van der Waals surface area contributed by atoms with Gasteiger partial charge in [-0.15, -0.1) is 0 Å². The highest BCUT2D eigenvalue weighted by molar-refractivity contribution is 5.30. The topological polar surface area (TPSA) is 18.5 Å². The van der Waals surface area contributed by atoms with E-state index in [1.807, 2.05) is 0 Å². The second kappa shape index (κ2) is 1.92. The minimum absolute atomic E-state index is 0.394. The number of fused-ring (bicyclic) bond motifs is 3. The van der Waals surface area contributed by atoms with Crippen molar-refractivity contribution in [2.75, 3.05) is 0 Å². The van der Waals surface area contributed by atoms with Crippen molar-refractivity contribution in [2.24, 2.45) is 35.5 Å². The zero-order valence-electron chi connectivity index (χ0n) is 9.97. The standard InChI is InChI=1S/C15H18O2/c1-6-7-2-15(5-10(7)17-15)13(6)12-8-3-14(9(1)12)4-11(8)16-14/h6-13H,1-5H2/t6?,7?,8-,9?,10?,11?,12?,13?,14?,15?/m1/s1. The average molecular weight is 230 g/mol. The van der Waals surface area contributed by atoms with Crippen molar-refractivity contribution in [1.29, 1.82) is 0 Å². The van der Waals surface area contributed by atoms with Crippen LogP contribution in [0.3, 0.4) is 0 Å². The fourth-order valence-corrected chi connectivity index (χ4v) is 8.06. The molecule has 5 saturated carbocycles. The van der Waals surface area contributed by atoms with Crippen LogP contribution in [0.5, 0.6) is 0 Å². The molecular weight excluding hydrogens is 212 g/mol. The van der Waals surface area contributed by atoms with Gasteiger partial charge in [0.15, 0.2) is 0 Å². The molecule has 9 aliphatic rings. The largest absolute Gasteiger partial charge is 0.371 e. The Morgan fingerprint density at radius 2 is 1.47 bits per heavy atom. The molecule has 4 heterocycles. The Hall–Kier alpha value is -0.0800. The molecule has 4 saturated heterocycles. The summed E-state index contributed by atoms with van der Waals surface area (Å²) >= 11 is 0. The zero-order chi connectivity index (χ0) is 10.6. The van der Waals surface area contributed by atoms with Gasteiger partial charge in [0.25, 0.3) is 0 Å². The molecule has 4 aliphatic heterocycles. The lowest BCUT2D eigenvalue weighted by atomic mass is 9.65. The summed E-state index contributed by atoms with van der Waals surface area (Å²) in [5.74, 6) is 5.85. The molecule has 0 aromatic carbocycles. The first-order valence-electron chi connectivity index (χ1n) is 7.65. The Labute approximate surface area is 101 Å². The Morgan fingerprint density at radius 3 is 2.35 bits per heavy atom. The van der Waals surface area contributed by atoms with Crippen LogP contribution in [0.1, 0.15) is 32.1 Å². The third-order valence-electron chi connectivity index (χ3n) is 8.18. The first-order chi connectivity index (χ1) is 8.30. The van der Waals surface area contributed by atoms with Crippen LogP contribution in [0, 0.1) is 35.5 Å². The Kier molecular flexibility index (Phi) is 0.924. The Balaban J connectivity index is 1.43. The molecule has 9 unspecified atom stereocenters. The molecule has 0 radical (unpaired) electrons. The molecule has 90 valence electrons. The van der Waals surface area contributed by atoms with Gasteiger partial charge in [0.05, 0.1) is 23.4 Å². The smallest absolute Gasteiger partial charge is 0.0748 e. The van der Waals surface area contributed by atoms with E-state index < -0.39 is 0 Å². The second-order valence-electron chi connectivity index (χ2n) is 8.20. The first kappa shape index (κ1) is 8.16. The van der Waals surface area contributed by atoms with Crippen molar-refractivity contribution in [1.82, 2.24) is 0 Å². The SMILES string of the molecule is C1C2C3CC4(CC3O4)C2C2C1C13CC(O1)[C@H]2C3. The highest BCUT2D eigenvalue weighted by Gasteiger charge is 2.82. The normalized spacial score (nSPS) is 83.3. The lowest BCUT2D eigenvalue weighted by Crippen LogP contribution is -2.58. The van der Waals surface area contributed by atoms with E-state index in [-0.39, 0.29) is 0 Å². The van der Waals surface area contributed by atoms with Gasteiger partial charge in [-0.25, -0.2) is 0 Å². The van der Waals surface area contributed by atoms with Gasteiger partial charge in [0.2, 0.25) is 0 Å². The molecule has 5 aliphatic carbocycles. The van der Waals surface area contributed by atoms with E-state index in [0.29, 0.717) is 23.4 Å². The van der Waals surface area contributed by atoms with Crippen LogP contribution in [-0.4, -0.2) is 23.4 Å². The number of hydrogen-bond donors (Lipinski definition) is 0. The Morgan fingerprint density at radius 1 is 0.765 bits per heavy atom. The monoisotopic (exact) mass is 230 g/mol. The maximum Gasteiger partial charge on any atom is 0.0748 e. The van der Waals surface area contributed by atoms with E-state index in [1.165, 1.54) is 32.1 Å². The summed E-state index contributed by atoms with van der Waals surface area (Å²) in [6, 6.07) is 0. The van der Waals surface area contributed by atoms with Crippen LogP contribution < -0.4 is 0 Å². The lowest BCUT2D eigenvalue weighted by Gasteiger charge is -2.54. The molecule has 9 rings (SSSR count). The van der Waals surface area contributed by atoms with Crippen molar-refractivity contribution >= 4 is 0 Å². The fourth-order valence-electron chi connectivity index (χ4n) is 8.06. The summed E-state index contributed by atoms with van der Waals surface area (Å²) in [5, 5.41) is 0. The zero-order valence-corrected chi connectivity index (χ0v) is 9.97. The second-order valence-corrected chi connectivity index (χ2v) is 8.20. The summed E-state index contributed by atoms with van der Waals surface area (Å²) in [6.07, 6.45) is 8.54. The predicted octanol–water partition coefficient (Wildman–Crippen LogP) is 1.98. The number of rotatable bonds is 0. The molecule has 0 aromatic rings. The molecule has 0 amide bonds. The van der Waals surface area contributed by atoms with Gasteiger partial charge in [-0.2, -0.15) is 0 Å². The molecule has 0 aromatic heterocycles. The number of ether oxygens (including phenoxy) is 2. The summed E-state index contributed by atoms with van der Waals surface area (Å²) < 4.78 is 12.5. The van der Waals surface area contributed by atoms with E-state index >= 15 is 0 Å². The van der Waals surface area contributed by atoms with Gasteiger partial charge >= 0.3 is 0 Å². The van der Waals surface area contributed by atoms with E-state index in [4.69, 9.17) is 9.47 Å². The van der Waals surface area contributed by atoms with Gasteiger partial charge < -0.3 is 9.47 Å². The van der Waals surface area contributed by atoms with Crippen LogP contribution in [-0.2, 0) is 9.47 Å². The van der Waals surface area contributed by atoms with E-state index in [9.17, 15) is 0 Å². The lowest BCUT2D eigenvalue weighted by molar-refractivity contribution is -0.252. The minimum atomic E-state index is 0.394. The highest BCUT2D eigenvalue weighted by atomic mass is 16.6. The van der Waals surface area contributed by atoms with E-state index in [1.54, 1.807) is 0 Å².